The van der Waals surface area contributed by atoms with Crippen molar-refractivity contribution in [3.63, 3.8) is 0 Å². The molecule has 0 aromatic carbocycles. The molecule has 5 nitrogen and oxygen atoms in total. The minimum Gasteiger partial charge on any atom is -0.409 e. The predicted octanol–water partition coefficient (Wildman–Crippen LogP) is 1.17. The molecule has 0 fully saturated rings. The number of pyridine rings is 1. The third-order valence-electron chi connectivity index (χ3n) is 2.24. The Balaban J connectivity index is 2.69. The maximum absolute atomic E-state index is 12.7. The normalized spacial score (nSPS) is 13.0. The van der Waals surface area contributed by atoms with E-state index in [4.69, 9.17) is 10.9 Å². The molecule has 0 saturated carbocycles. The summed E-state index contributed by atoms with van der Waals surface area (Å²) < 4.78 is 49.2. The number of nitrogens with two attached hydrogens (primary N) is 1. The van der Waals surface area contributed by atoms with Crippen molar-refractivity contribution in [1.82, 2.24) is 10.3 Å². The van der Waals surface area contributed by atoms with Crippen molar-refractivity contribution >= 4 is 5.84 Å². The highest BCUT2D eigenvalue weighted by molar-refractivity contribution is 5.96. The summed E-state index contributed by atoms with van der Waals surface area (Å²) in [7, 11) is 0. The zero-order valence-corrected chi connectivity index (χ0v) is 9.65. The highest BCUT2D eigenvalue weighted by atomic mass is 19.3. The lowest BCUT2D eigenvalue weighted by atomic mass is 10.1. The van der Waals surface area contributed by atoms with Crippen molar-refractivity contribution in [1.29, 1.82) is 0 Å². The molecule has 0 amide bonds. The van der Waals surface area contributed by atoms with Crippen LogP contribution in [-0.4, -0.2) is 34.9 Å². The molecule has 0 saturated heterocycles. The molecule has 0 radical (unpaired) electrons. The van der Waals surface area contributed by atoms with Gasteiger partial charge in [-0.1, -0.05) is 11.2 Å². The van der Waals surface area contributed by atoms with Crippen molar-refractivity contribution in [3.05, 3.63) is 29.6 Å². The fourth-order valence-corrected chi connectivity index (χ4v) is 1.30. The number of rotatable bonds is 6. The fourth-order valence-electron chi connectivity index (χ4n) is 1.30. The van der Waals surface area contributed by atoms with Gasteiger partial charge in [-0.2, -0.15) is 8.78 Å². The first-order valence-electron chi connectivity index (χ1n) is 5.17. The number of hydrogen-bond acceptors (Lipinski definition) is 4. The van der Waals surface area contributed by atoms with Crippen LogP contribution in [0.1, 0.15) is 11.3 Å². The van der Waals surface area contributed by atoms with Gasteiger partial charge in [-0.25, -0.2) is 8.78 Å². The zero-order chi connectivity index (χ0) is 14.5. The Hall–Kier alpha value is -1.90. The second-order valence-electron chi connectivity index (χ2n) is 3.66. The van der Waals surface area contributed by atoms with Crippen LogP contribution in [0.4, 0.5) is 17.6 Å². The Kier molecular flexibility index (Phi) is 5.04. The van der Waals surface area contributed by atoms with Crippen molar-refractivity contribution in [2.24, 2.45) is 10.9 Å². The molecule has 1 heterocycles. The minimum absolute atomic E-state index is 0.0952. The third kappa shape index (κ3) is 4.05. The maximum Gasteiger partial charge on any atom is 0.319 e. The van der Waals surface area contributed by atoms with E-state index in [1.165, 1.54) is 18.3 Å². The van der Waals surface area contributed by atoms with Crippen molar-refractivity contribution in [3.8, 4) is 0 Å². The molecule has 0 aliphatic rings. The molecule has 9 heteroatoms. The number of oxime groups is 1. The summed E-state index contributed by atoms with van der Waals surface area (Å²) in [5.41, 5.74) is 5.79. The topological polar surface area (TPSA) is 83.5 Å². The molecule has 1 rings (SSSR count). The maximum atomic E-state index is 12.7. The first kappa shape index (κ1) is 15.2. The summed E-state index contributed by atoms with van der Waals surface area (Å²) in [6, 6.07) is 3.00. The summed E-state index contributed by atoms with van der Waals surface area (Å²) in [5, 5.41) is 13.4. The fraction of sp³-hybridized carbons (Fsp3) is 0.400. The van der Waals surface area contributed by atoms with Crippen molar-refractivity contribution < 1.29 is 22.8 Å². The highest BCUT2D eigenvalue weighted by Crippen LogP contribution is 2.21. The van der Waals surface area contributed by atoms with Gasteiger partial charge in [0.05, 0.1) is 6.54 Å². The standard InChI is InChI=1S/C10H12F4N4O/c11-9(12)10(13,14)5-16-4-6-2-1-3-17-7(6)8(15)18-19/h1-3,9,16,19H,4-5H2,(H2,15,18). The lowest BCUT2D eigenvalue weighted by Crippen LogP contribution is -2.38. The van der Waals surface area contributed by atoms with Crippen LogP contribution in [0.5, 0.6) is 0 Å². The van der Waals surface area contributed by atoms with Gasteiger partial charge in [0.15, 0.2) is 5.84 Å². The molecule has 4 N–H and O–H groups in total. The van der Waals surface area contributed by atoms with Crippen LogP contribution >= 0.6 is 0 Å². The van der Waals surface area contributed by atoms with E-state index >= 15 is 0 Å². The van der Waals surface area contributed by atoms with Crippen LogP contribution in [0.3, 0.4) is 0 Å². The average Bonchev–Trinajstić information content (AvgIpc) is 2.38. The number of alkyl halides is 4. The van der Waals surface area contributed by atoms with Crippen LogP contribution in [0.25, 0.3) is 0 Å². The first-order chi connectivity index (χ1) is 8.88. The van der Waals surface area contributed by atoms with E-state index in [1.807, 2.05) is 0 Å². The van der Waals surface area contributed by atoms with Crippen LogP contribution in [-0.2, 0) is 6.54 Å². The molecule has 1 aromatic rings. The van der Waals surface area contributed by atoms with E-state index in [9.17, 15) is 17.6 Å². The second-order valence-corrected chi connectivity index (χ2v) is 3.66. The van der Waals surface area contributed by atoms with Crippen LogP contribution < -0.4 is 11.1 Å². The van der Waals surface area contributed by atoms with E-state index in [1.54, 1.807) is 0 Å². The molecule has 106 valence electrons. The van der Waals surface area contributed by atoms with Gasteiger partial charge in [-0.3, -0.25) is 4.98 Å². The summed E-state index contributed by atoms with van der Waals surface area (Å²) in [6.07, 6.45) is -2.37. The molecule has 0 aliphatic carbocycles. The molecule has 0 aliphatic heterocycles. The Morgan fingerprint density at radius 1 is 1.53 bits per heavy atom. The predicted molar refractivity (Wildman–Crippen MR) is 59.4 cm³/mol. The SMILES string of the molecule is N/C(=N/O)c1ncccc1CNCC(F)(F)C(F)F. The van der Waals surface area contributed by atoms with Gasteiger partial charge in [0.2, 0.25) is 0 Å². The Morgan fingerprint density at radius 3 is 2.79 bits per heavy atom. The Morgan fingerprint density at radius 2 is 2.21 bits per heavy atom. The van der Waals surface area contributed by atoms with Crippen molar-refractivity contribution in [2.75, 3.05) is 6.54 Å². The number of halogens is 4. The highest BCUT2D eigenvalue weighted by Gasteiger charge is 2.40. The number of nitrogens with zero attached hydrogens (tertiary/aromatic N) is 2. The molecule has 19 heavy (non-hydrogen) atoms. The van der Waals surface area contributed by atoms with Gasteiger partial charge >= 0.3 is 12.3 Å². The van der Waals surface area contributed by atoms with E-state index < -0.39 is 18.9 Å². The Bertz CT molecular complexity index is 453. The molecule has 0 spiro atoms. The number of amidine groups is 1. The van der Waals surface area contributed by atoms with Crippen molar-refractivity contribution in [2.45, 2.75) is 18.9 Å². The van der Waals surface area contributed by atoms with Gasteiger partial charge in [-0.05, 0) is 11.6 Å². The lowest BCUT2D eigenvalue weighted by molar-refractivity contribution is -0.125. The number of aromatic nitrogens is 1. The van der Waals surface area contributed by atoms with Crippen LogP contribution in [0.15, 0.2) is 23.5 Å². The lowest BCUT2D eigenvalue weighted by Gasteiger charge is -2.16. The Labute approximate surface area is 106 Å². The van der Waals surface area contributed by atoms with Crippen LogP contribution in [0.2, 0.25) is 0 Å². The van der Waals surface area contributed by atoms with Gasteiger partial charge < -0.3 is 16.3 Å². The number of nitrogens with one attached hydrogen (secondary N) is 1. The van der Waals surface area contributed by atoms with E-state index in [2.05, 4.69) is 15.5 Å². The second kappa shape index (κ2) is 6.32. The monoisotopic (exact) mass is 280 g/mol. The summed E-state index contributed by atoms with van der Waals surface area (Å²) in [5.74, 6) is -4.41. The quantitative estimate of drug-likeness (QED) is 0.240. The molecule has 0 unspecified atom stereocenters. The zero-order valence-electron chi connectivity index (χ0n) is 9.65. The number of hydrogen-bond donors (Lipinski definition) is 3. The van der Waals surface area contributed by atoms with Gasteiger partial charge in [0, 0.05) is 12.7 Å². The van der Waals surface area contributed by atoms with E-state index in [0.29, 0.717) is 5.56 Å². The molecular weight excluding hydrogens is 268 g/mol. The van der Waals surface area contributed by atoms with Crippen LogP contribution in [0, 0.1) is 0 Å². The summed E-state index contributed by atoms with van der Waals surface area (Å²) in [6.45, 7) is -1.35. The van der Waals surface area contributed by atoms with Gasteiger partial charge in [-0.15, -0.1) is 0 Å². The smallest absolute Gasteiger partial charge is 0.319 e. The largest absolute Gasteiger partial charge is 0.409 e. The molecule has 1 aromatic heterocycles. The van der Waals surface area contributed by atoms with Gasteiger partial charge in [0.1, 0.15) is 5.69 Å². The summed E-state index contributed by atoms with van der Waals surface area (Å²) >= 11 is 0. The molecule has 0 atom stereocenters. The first-order valence-corrected chi connectivity index (χ1v) is 5.17. The molecular formula is C10H12F4N4O. The molecule has 0 bridgehead atoms. The van der Waals surface area contributed by atoms with Gasteiger partial charge in [0.25, 0.3) is 0 Å². The summed E-state index contributed by atoms with van der Waals surface area (Å²) in [4.78, 5) is 3.81. The van der Waals surface area contributed by atoms with E-state index in [0.717, 1.165) is 0 Å². The third-order valence-corrected chi connectivity index (χ3v) is 2.24. The minimum atomic E-state index is -4.11. The average molecular weight is 280 g/mol. The van der Waals surface area contributed by atoms with E-state index in [-0.39, 0.29) is 18.1 Å².